The third-order valence-corrected chi connectivity index (χ3v) is 8.90. The van der Waals surface area contributed by atoms with Gasteiger partial charge in [-0.25, -0.2) is 4.79 Å². The fourth-order valence-electron chi connectivity index (χ4n) is 3.27. The molecular formula is C21H10I4O4. The van der Waals surface area contributed by atoms with Crippen molar-refractivity contribution in [2.24, 2.45) is 0 Å². The SMILES string of the molecule is Cc1c(I)cc2c(-c3ccccc3C(=O)O)c3cc(I)c(=O)c(I)c-3oc2c1I. The van der Waals surface area contributed by atoms with Crippen LogP contribution in [0.5, 0.6) is 0 Å². The predicted octanol–water partition coefficient (Wildman–Crippen LogP) is 6.99. The van der Waals surface area contributed by atoms with Crippen LogP contribution in [0.3, 0.4) is 0 Å². The number of fused-ring (bicyclic) bond motifs is 2. The topological polar surface area (TPSA) is 67.5 Å². The van der Waals surface area contributed by atoms with Crippen molar-refractivity contribution >= 4 is 107 Å². The van der Waals surface area contributed by atoms with E-state index in [2.05, 4.69) is 45.2 Å². The largest absolute Gasteiger partial charge is 0.478 e. The zero-order chi connectivity index (χ0) is 21.0. The smallest absolute Gasteiger partial charge is 0.336 e. The first kappa shape index (κ1) is 21.7. The number of carbonyl (C=O) groups is 1. The van der Waals surface area contributed by atoms with Crippen LogP contribution in [0, 0.1) is 21.2 Å². The van der Waals surface area contributed by atoms with Gasteiger partial charge in [-0.2, -0.15) is 0 Å². The van der Waals surface area contributed by atoms with Crippen molar-refractivity contribution in [2.75, 3.05) is 0 Å². The Morgan fingerprint density at radius 1 is 0.966 bits per heavy atom. The Bertz CT molecular complexity index is 1360. The molecule has 0 aromatic heterocycles. The molecule has 0 radical (unpaired) electrons. The van der Waals surface area contributed by atoms with E-state index in [0.29, 0.717) is 24.0 Å². The van der Waals surface area contributed by atoms with Crippen molar-refractivity contribution in [3.05, 3.63) is 72.0 Å². The van der Waals surface area contributed by atoms with E-state index >= 15 is 0 Å². The summed E-state index contributed by atoms with van der Waals surface area (Å²) in [7, 11) is 0. The van der Waals surface area contributed by atoms with Crippen LogP contribution in [0.1, 0.15) is 15.9 Å². The van der Waals surface area contributed by atoms with Crippen molar-refractivity contribution in [1.29, 1.82) is 0 Å². The molecule has 8 heteroatoms. The predicted molar refractivity (Wildman–Crippen MR) is 147 cm³/mol. The van der Waals surface area contributed by atoms with Crippen molar-refractivity contribution in [3.8, 4) is 22.5 Å². The lowest BCUT2D eigenvalue weighted by atomic mass is 9.90. The van der Waals surface area contributed by atoms with Crippen LogP contribution in [-0.2, 0) is 0 Å². The number of benzene rings is 3. The molecule has 2 aliphatic rings. The minimum absolute atomic E-state index is 0.0866. The minimum atomic E-state index is -0.996. The third-order valence-electron chi connectivity index (χ3n) is 4.70. The molecule has 146 valence electrons. The summed E-state index contributed by atoms with van der Waals surface area (Å²) in [5.74, 6) is -0.513. The first-order valence-electron chi connectivity index (χ1n) is 8.28. The number of hydrogen-bond acceptors (Lipinski definition) is 3. The Morgan fingerprint density at radius 3 is 2.34 bits per heavy atom. The molecule has 0 atom stereocenters. The monoisotopic (exact) mass is 834 g/mol. The number of hydrogen-bond donors (Lipinski definition) is 1. The van der Waals surface area contributed by atoms with Gasteiger partial charge in [0.1, 0.15) is 9.15 Å². The molecule has 0 spiro atoms. The highest BCUT2D eigenvalue weighted by molar-refractivity contribution is 14.1. The molecule has 1 N–H and O–H groups in total. The highest BCUT2D eigenvalue weighted by Gasteiger charge is 2.26. The average Bonchev–Trinajstić information content (AvgIpc) is 2.69. The maximum Gasteiger partial charge on any atom is 0.336 e. The number of halogens is 4. The van der Waals surface area contributed by atoms with Crippen LogP contribution in [-0.4, -0.2) is 11.1 Å². The summed E-state index contributed by atoms with van der Waals surface area (Å²) in [6.07, 6.45) is 0. The van der Waals surface area contributed by atoms with Crippen LogP contribution in [0.2, 0.25) is 0 Å². The number of rotatable bonds is 2. The van der Waals surface area contributed by atoms with Crippen molar-refractivity contribution in [1.82, 2.24) is 0 Å². The molecule has 1 heterocycles. The Labute approximate surface area is 220 Å². The molecular weight excluding hydrogens is 824 g/mol. The summed E-state index contributed by atoms with van der Waals surface area (Å²) in [6.45, 7) is 2.02. The van der Waals surface area contributed by atoms with Crippen LogP contribution >= 0.6 is 90.4 Å². The molecule has 0 saturated carbocycles. The summed E-state index contributed by atoms with van der Waals surface area (Å²) in [5, 5.41) is 10.6. The second-order valence-corrected chi connectivity index (χ2v) is 10.9. The van der Waals surface area contributed by atoms with E-state index in [-0.39, 0.29) is 11.0 Å². The van der Waals surface area contributed by atoms with E-state index in [1.165, 1.54) is 0 Å². The fourth-order valence-corrected chi connectivity index (χ4v) is 6.85. The third kappa shape index (κ3) is 3.60. The molecule has 2 aromatic rings. The molecule has 0 fully saturated rings. The molecule has 4 rings (SSSR count). The van der Waals surface area contributed by atoms with Crippen molar-refractivity contribution < 1.29 is 14.3 Å². The number of carboxylic acid groups (broad SMARTS) is 1. The fraction of sp³-hybridized carbons (Fsp3) is 0.0476. The molecule has 29 heavy (non-hydrogen) atoms. The van der Waals surface area contributed by atoms with Gasteiger partial charge < -0.3 is 9.52 Å². The van der Waals surface area contributed by atoms with E-state index < -0.39 is 5.97 Å². The van der Waals surface area contributed by atoms with Crippen LogP contribution in [0.4, 0.5) is 0 Å². The number of aromatic carboxylic acids is 1. The Hall–Kier alpha value is -0.480. The summed E-state index contributed by atoms with van der Waals surface area (Å²) in [4.78, 5) is 24.5. The second-order valence-electron chi connectivity index (χ2n) is 6.38. The van der Waals surface area contributed by atoms with Gasteiger partial charge >= 0.3 is 5.97 Å². The van der Waals surface area contributed by atoms with E-state index in [4.69, 9.17) is 4.42 Å². The van der Waals surface area contributed by atoms with Crippen LogP contribution < -0.4 is 5.43 Å². The summed E-state index contributed by atoms with van der Waals surface area (Å²) in [6, 6.07) is 10.8. The van der Waals surface area contributed by atoms with Gasteiger partial charge in [-0.3, -0.25) is 4.79 Å². The Kier molecular flexibility index (Phi) is 6.16. The lowest BCUT2D eigenvalue weighted by molar-refractivity contribution is 0.0697. The van der Waals surface area contributed by atoms with Gasteiger partial charge in [0.05, 0.1) is 12.7 Å². The molecule has 1 aliphatic carbocycles. The van der Waals surface area contributed by atoms with Crippen LogP contribution in [0.25, 0.3) is 33.4 Å². The molecule has 0 unspecified atom stereocenters. The van der Waals surface area contributed by atoms with E-state index in [1.54, 1.807) is 18.2 Å². The minimum Gasteiger partial charge on any atom is -0.478 e. The number of carboxylic acids is 1. The van der Waals surface area contributed by atoms with Crippen molar-refractivity contribution in [3.63, 3.8) is 0 Å². The van der Waals surface area contributed by atoms with E-state index in [9.17, 15) is 14.7 Å². The average molecular weight is 834 g/mol. The van der Waals surface area contributed by atoms with Gasteiger partial charge in [-0.1, -0.05) is 18.2 Å². The highest BCUT2D eigenvalue weighted by Crippen LogP contribution is 2.45. The van der Waals surface area contributed by atoms with Gasteiger partial charge in [-0.15, -0.1) is 0 Å². The maximum absolute atomic E-state index is 12.6. The van der Waals surface area contributed by atoms with E-state index in [1.807, 2.05) is 70.3 Å². The van der Waals surface area contributed by atoms with Crippen LogP contribution in [0.15, 0.2) is 45.6 Å². The lowest BCUT2D eigenvalue weighted by Crippen LogP contribution is -2.12. The summed E-state index contributed by atoms with van der Waals surface area (Å²) in [5.41, 5.74) is 3.97. The van der Waals surface area contributed by atoms with Gasteiger partial charge in [-0.05, 0) is 127 Å². The van der Waals surface area contributed by atoms with E-state index in [0.717, 1.165) is 29.2 Å². The van der Waals surface area contributed by atoms with Gasteiger partial charge in [0, 0.05) is 20.1 Å². The standard InChI is InChI=1S/C21H10I4O4/c1-8-13(22)6-11-15(9-4-2-3-5-10(9)21(27)28)12-7-14(23)18(26)17(25)20(12)29-19(11)16(8)24/h2-7H,1H3,(H,27,28). The first-order chi connectivity index (χ1) is 13.7. The Balaban J connectivity index is 2.34. The van der Waals surface area contributed by atoms with Gasteiger partial charge in [0.15, 0.2) is 5.76 Å². The summed E-state index contributed by atoms with van der Waals surface area (Å²) >= 11 is 8.57. The molecule has 1 aliphatic heterocycles. The second kappa shape index (κ2) is 8.22. The normalized spacial score (nSPS) is 11.3. The van der Waals surface area contributed by atoms with Gasteiger partial charge in [0.25, 0.3) is 0 Å². The first-order valence-corrected chi connectivity index (χ1v) is 12.6. The highest BCUT2D eigenvalue weighted by atomic mass is 127. The Morgan fingerprint density at radius 2 is 1.66 bits per heavy atom. The van der Waals surface area contributed by atoms with Crippen molar-refractivity contribution in [2.45, 2.75) is 6.92 Å². The zero-order valence-electron chi connectivity index (χ0n) is 14.6. The lowest BCUT2D eigenvalue weighted by Gasteiger charge is -2.19. The van der Waals surface area contributed by atoms with Gasteiger partial charge in [0.2, 0.25) is 5.43 Å². The molecule has 2 aromatic carbocycles. The molecule has 4 nitrogen and oxygen atoms in total. The molecule has 0 saturated heterocycles. The summed E-state index contributed by atoms with van der Waals surface area (Å²) < 4.78 is 9.34. The zero-order valence-corrected chi connectivity index (χ0v) is 23.3. The molecule has 0 amide bonds. The maximum atomic E-state index is 12.6. The quantitative estimate of drug-likeness (QED) is 0.175. The molecule has 0 bridgehead atoms.